The Morgan fingerprint density at radius 3 is 2.47 bits per heavy atom. The topological polar surface area (TPSA) is 37.8 Å². The predicted molar refractivity (Wildman–Crippen MR) is 69.8 cm³/mol. The zero-order chi connectivity index (χ0) is 12.1. The average molecular weight is 227 g/mol. The summed E-state index contributed by atoms with van der Waals surface area (Å²) in [6.07, 6.45) is 4.67. The van der Waals surface area contributed by atoms with E-state index in [9.17, 15) is 0 Å². The fourth-order valence-corrected chi connectivity index (χ4v) is 1.76. The minimum Gasteiger partial charge on any atom is -0.319 e. The van der Waals surface area contributed by atoms with Crippen LogP contribution < -0.4 is 5.32 Å². The quantitative estimate of drug-likeness (QED) is 0.870. The molecule has 0 radical (unpaired) electrons. The van der Waals surface area contributed by atoms with Crippen molar-refractivity contribution < 1.29 is 0 Å². The standard InChI is InChI=1S/C14H17N3/c1-11-5-3-4-6-13(11)12-9-16-14(17-10-12)7-8-15-2/h3-6,9-10,15H,7-8H2,1-2H3. The molecule has 3 heteroatoms. The third-order valence-electron chi connectivity index (χ3n) is 2.76. The molecule has 2 rings (SSSR count). The van der Waals surface area contributed by atoms with Crippen LogP contribution in [0.2, 0.25) is 0 Å². The van der Waals surface area contributed by atoms with Crippen molar-refractivity contribution in [2.75, 3.05) is 13.6 Å². The molecule has 0 saturated carbocycles. The lowest BCUT2D eigenvalue weighted by atomic mass is 10.0. The van der Waals surface area contributed by atoms with Gasteiger partial charge in [0.2, 0.25) is 0 Å². The number of hydrogen-bond acceptors (Lipinski definition) is 3. The number of aromatic nitrogens is 2. The Bertz CT molecular complexity index is 477. The zero-order valence-electron chi connectivity index (χ0n) is 10.3. The largest absolute Gasteiger partial charge is 0.319 e. The lowest BCUT2D eigenvalue weighted by Crippen LogP contribution is -2.12. The molecule has 1 heterocycles. The molecule has 1 aromatic carbocycles. The fraction of sp³-hybridized carbons (Fsp3) is 0.286. The first kappa shape index (κ1) is 11.7. The number of nitrogens with zero attached hydrogens (tertiary/aromatic N) is 2. The van der Waals surface area contributed by atoms with Gasteiger partial charge in [-0.25, -0.2) is 9.97 Å². The van der Waals surface area contributed by atoms with E-state index in [-0.39, 0.29) is 0 Å². The van der Waals surface area contributed by atoms with Crippen molar-refractivity contribution in [2.24, 2.45) is 0 Å². The Kier molecular flexibility index (Phi) is 3.83. The molecule has 3 nitrogen and oxygen atoms in total. The molecule has 0 amide bonds. The summed E-state index contributed by atoms with van der Waals surface area (Å²) in [4.78, 5) is 8.77. The second-order valence-corrected chi connectivity index (χ2v) is 4.06. The van der Waals surface area contributed by atoms with Gasteiger partial charge in [-0.3, -0.25) is 0 Å². The van der Waals surface area contributed by atoms with Crippen LogP contribution in [0.4, 0.5) is 0 Å². The molecule has 1 aromatic heterocycles. The minimum atomic E-state index is 0.866. The fourth-order valence-electron chi connectivity index (χ4n) is 1.76. The van der Waals surface area contributed by atoms with Gasteiger partial charge in [-0.1, -0.05) is 24.3 Å². The van der Waals surface area contributed by atoms with Crippen molar-refractivity contribution in [2.45, 2.75) is 13.3 Å². The van der Waals surface area contributed by atoms with E-state index in [4.69, 9.17) is 0 Å². The van der Waals surface area contributed by atoms with Crippen LogP contribution in [-0.2, 0) is 6.42 Å². The predicted octanol–water partition coefficient (Wildman–Crippen LogP) is 2.21. The van der Waals surface area contributed by atoms with Gasteiger partial charge in [0, 0.05) is 30.9 Å². The summed E-state index contributed by atoms with van der Waals surface area (Å²) in [5, 5.41) is 3.09. The molecule has 1 N–H and O–H groups in total. The molecular formula is C14H17N3. The van der Waals surface area contributed by atoms with Crippen molar-refractivity contribution in [3.63, 3.8) is 0 Å². The van der Waals surface area contributed by atoms with Crippen LogP contribution in [0, 0.1) is 6.92 Å². The third-order valence-corrected chi connectivity index (χ3v) is 2.76. The number of rotatable bonds is 4. The lowest BCUT2D eigenvalue weighted by Gasteiger charge is -2.05. The van der Waals surface area contributed by atoms with Crippen LogP contribution in [0.25, 0.3) is 11.1 Å². The average Bonchev–Trinajstić information content (AvgIpc) is 2.38. The smallest absolute Gasteiger partial charge is 0.129 e. The van der Waals surface area contributed by atoms with E-state index in [0.717, 1.165) is 24.4 Å². The molecule has 0 saturated heterocycles. The summed E-state index contributed by atoms with van der Waals surface area (Å²) in [5.41, 5.74) is 3.53. The van der Waals surface area contributed by atoms with Gasteiger partial charge in [0.05, 0.1) is 0 Å². The number of benzene rings is 1. The molecule has 0 aliphatic carbocycles. The lowest BCUT2D eigenvalue weighted by molar-refractivity contribution is 0.755. The van der Waals surface area contributed by atoms with Crippen LogP contribution in [0.3, 0.4) is 0 Å². The van der Waals surface area contributed by atoms with E-state index in [1.54, 1.807) is 0 Å². The SMILES string of the molecule is CNCCc1ncc(-c2ccccc2C)cn1. The van der Waals surface area contributed by atoms with Crippen LogP contribution in [0.15, 0.2) is 36.7 Å². The Balaban J connectivity index is 2.21. The maximum absolute atomic E-state index is 4.38. The van der Waals surface area contributed by atoms with E-state index in [1.165, 1.54) is 11.1 Å². The van der Waals surface area contributed by atoms with E-state index in [0.29, 0.717) is 0 Å². The molecule has 0 fully saturated rings. The maximum Gasteiger partial charge on any atom is 0.129 e. The summed E-state index contributed by atoms with van der Waals surface area (Å²) in [6, 6.07) is 8.28. The molecular weight excluding hydrogens is 210 g/mol. The van der Waals surface area contributed by atoms with Gasteiger partial charge in [0.15, 0.2) is 0 Å². The molecule has 0 atom stereocenters. The second kappa shape index (κ2) is 5.55. The molecule has 0 unspecified atom stereocenters. The van der Waals surface area contributed by atoms with Crippen LogP contribution >= 0.6 is 0 Å². The van der Waals surface area contributed by atoms with Gasteiger partial charge in [-0.2, -0.15) is 0 Å². The first-order valence-corrected chi connectivity index (χ1v) is 5.83. The highest BCUT2D eigenvalue weighted by Crippen LogP contribution is 2.21. The molecule has 0 aliphatic rings. The van der Waals surface area contributed by atoms with E-state index in [1.807, 2.05) is 31.6 Å². The second-order valence-electron chi connectivity index (χ2n) is 4.06. The molecule has 0 bridgehead atoms. The van der Waals surface area contributed by atoms with Crippen LogP contribution in [0.1, 0.15) is 11.4 Å². The van der Waals surface area contributed by atoms with Crippen LogP contribution in [0.5, 0.6) is 0 Å². The molecule has 17 heavy (non-hydrogen) atoms. The summed E-state index contributed by atoms with van der Waals surface area (Å²) in [6.45, 7) is 3.01. The van der Waals surface area contributed by atoms with Gasteiger partial charge < -0.3 is 5.32 Å². The normalized spacial score (nSPS) is 10.5. The maximum atomic E-state index is 4.38. The Morgan fingerprint density at radius 2 is 1.82 bits per heavy atom. The van der Waals surface area contributed by atoms with E-state index >= 15 is 0 Å². The monoisotopic (exact) mass is 227 g/mol. The van der Waals surface area contributed by atoms with Gasteiger partial charge >= 0.3 is 0 Å². The number of nitrogens with one attached hydrogen (secondary N) is 1. The summed E-state index contributed by atoms with van der Waals surface area (Å²) < 4.78 is 0. The number of likely N-dealkylation sites (N-methyl/N-ethyl adjacent to an activating group) is 1. The van der Waals surface area contributed by atoms with Crippen LogP contribution in [-0.4, -0.2) is 23.6 Å². The number of aryl methyl sites for hydroxylation is 1. The van der Waals surface area contributed by atoms with Gasteiger partial charge in [-0.15, -0.1) is 0 Å². The zero-order valence-corrected chi connectivity index (χ0v) is 10.3. The van der Waals surface area contributed by atoms with E-state index in [2.05, 4.69) is 34.3 Å². The summed E-state index contributed by atoms with van der Waals surface area (Å²) in [5.74, 6) is 0.886. The molecule has 88 valence electrons. The Morgan fingerprint density at radius 1 is 1.12 bits per heavy atom. The van der Waals surface area contributed by atoms with Crippen molar-refractivity contribution in [1.29, 1.82) is 0 Å². The molecule has 0 aliphatic heterocycles. The first-order valence-electron chi connectivity index (χ1n) is 5.83. The Labute approximate surface area is 102 Å². The highest BCUT2D eigenvalue weighted by atomic mass is 14.9. The minimum absolute atomic E-state index is 0.866. The summed E-state index contributed by atoms with van der Waals surface area (Å²) in [7, 11) is 1.93. The van der Waals surface area contributed by atoms with Gasteiger partial charge in [0.1, 0.15) is 5.82 Å². The summed E-state index contributed by atoms with van der Waals surface area (Å²) >= 11 is 0. The van der Waals surface area contributed by atoms with Gasteiger partial charge in [0.25, 0.3) is 0 Å². The van der Waals surface area contributed by atoms with Crippen molar-refractivity contribution in [1.82, 2.24) is 15.3 Å². The van der Waals surface area contributed by atoms with E-state index < -0.39 is 0 Å². The number of hydrogen-bond donors (Lipinski definition) is 1. The third kappa shape index (κ3) is 2.88. The highest BCUT2D eigenvalue weighted by molar-refractivity contribution is 5.65. The molecule has 2 aromatic rings. The van der Waals surface area contributed by atoms with Crippen molar-refractivity contribution >= 4 is 0 Å². The molecule has 0 spiro atoms. The van der Waals surface area contributed by atoms with Crippen molar-refractivity contribution in [3.8, 4) is 11.1 Å². The highest BCUT2D eigenvalue weighted by Gasteiger charge is 2.02. The Hall–Kier alpha value is -1.74. The first-order chi connectivity index (χ1) is 8.31. The van der Waals surface area contributed by atoms with Crippen molar-refractivity contribution in [3.05, 3.63) is 48.0 Å². The van der Waals surface area contributed by atoms with Gasteiger partial charge in [-0.05, 0) is 25.1 Å².